The van der Waals surface area contributed by atoms with Crippen LogP contribution in [0.4, 0.5) is 0 Å². The number of rotatable bonds is 4. The summed E-state index contributed by atoms with van der Waals surface area (Å²) in [6.45, 7) is 3.24. The second-order valence-electron chi connectivity index (χ2n) is 7.87. The van der Waals surface area contributed by atoms with Crippen molar-refractivity contribution in [1.29, 1.82) is 0 Å². The van der Waals surface area contributed by atoms with Crippen LogP contribution in [0.1, 0.15) is 49.9 Å². The SMILES string of the molecule is Cc1nccc(OC2CCCN(C(=O)C3(c4ccc(Cl)cc4)CCCC3)C2)n1. The van der Waals surface area contributed by atoms with Gasteiger partial charge in [-0.2, -0.15) is 4.98 Å². The molecular formula is C22H26ClN3O2. The first-order valence-corrected chi connectivity index (χ1v) is 10.5. The Kier molecular flexibility index (Phi) is 5.54. The van der Waals surface area contributed by atoms with Crippen molar-refractivity contribution in [2.75, 3.05) is 13.1 Å². The van der Waals surface area contributed by atoms with Gasteiger partial charge < -0.3 is 9.64 Å². The molecule has 0 bridgehead atoms. The van der Waals surface area contributed by atoms with E-state index in [0.29, 0.717) is 23.3 Å². The van der Waals surface area contributed by atoms with Crippen LogP contribution in [-0.4, -0.2) is 40.0 Å². The van der Waals surface area contributed by atoms with Gasteiger partial charge in [-0.15, -0.1) is 0 Å². The first-order chi connectivity index (χ1) is 13.6. The number of likely N-dealkylation sites (tertiary alicyclic amines) is 1. The van der Waals surface area contributed by atoms with E-state index >= 15 is 0 Å². The summed E-state index contributed by atoms with van der Waals surface area (Å²) in [4.78, 5) is 24.1. The minimum Gasteiger partial charge on any atom is -0.472 e. The topological polar surface area (TPSA) is 55.3 Å². The van der Waals surface area contributed by atoms with Crippen molar-refractivity contribution in [2.45, 2.75) is 57.0 Å². The van der Waals surface area contributed by atoms with Crippen molar-refractivity contribution in [3.63, 3.8) is 0 Å². The Labute approximate surface area is 171 Å². The van der Waals surface area contributed by atoms with E-state index in [4.69, 9.17) is 16.3 Å². The van der Waals surface area contributed by atoms with Crippen molar-refractivity contribution in [3.8, 4) is 5.88 Å². The van der Waals surface area contributed by atoms with Gasteiger partial charge in [-0.1, -0.05) is 36.6 Å². The molecule has 148 valence electrons. The number of hydrogen-bond acceptors (Lipinski definition) is 4. The Hall–Kier alpha value is -2.14. The standard InChI is InChI=1S/C22H26ClN3O2/c1-16-24-13-10-20(25-16)28-19-5-4-14-26(15-19)21(27)22(11-2-3-12-22)17-6-8-18(23)9-7-17/h6-10,13,19H,2-5,11-12,14-15H2,1H3. The van der Waals surface area contributed by atoms with Gasteiger partial charge in [0.25, 0.3) is 0 Å². The summed E-state index contributed by atoms with van der Waals surface area (Å²) in [6.07, 6.45) is 7.53. The number of amides is 1. The Balaban J connectivity index is 1.51. The van der Waals surface area contributed by atoms with Crippen LogP contribution in [0.3, 0.4) is 0 Å². The number of halogens is 1. The van der Waals surface area contributed by atoms with E-state index in [-0.39, 0.29) is 12.0 Å². The highest BCUT2D eigenvalue weighted by Crippen LogP contribution is 2.43. The van der Waals surface area contributed by atoms with Crippen LogP contribution in [0, 0.1) is 6.92 Å². The normalized spacial score (nSPS) is 21.5. The third-order valence-corrected chi connectivity index (χ3v) is 6.22. The zero-order valence-corrected chi connectivity index (χ0v) is 17.0. The van der Waals surface area contributed by atoms with Gasteiger partial charge in [0.15, 0.2) is 0 Å². The number of aryl methyl sites for hydroxylation is 1. The van der Waals surface area contributed by atoms with Gasteiger partial charge in [0, 0.05) is 23.8 Å². The molecule has 2 aliphatic rings. The predicted molar refractivity (Wildman–Crippen MR) is 109 cm³/mol. The number of aromatic nitrogens is 2. The van der Waals surface area contributed by atoms with Gasteiger partial charge in [-0.05, 0) is 50.3 Å². The van der Waals surface area contributed by atoms with E-state index in [1.165, 1.54) is 0 Å². The van der Waals surface area contributed by atoms with E-state index in [2.05, 4.69) is 9.97 Å². The van der Waals surface area contributed by atoms with E-state index in [1.807, 2.05) is 36.1 Å². The average Bonchev–Trinajstić information content (AvgIpc) is 3.19. The van der Waals surface area contributed by atoms with Gasteiger partial charge in [0.2, 0.25) is 11.8 Å². The molecular weight excluding hydrogens is 374 g/mol. The molecule has 6 heteroatoms. The molecule has 1 aromatic carbocycles. The molecule has 1 saturated carbocycles. The molecule has 2 heterocycles. The van der Waals surface area contributed by atoms with Crippen molar-refractivity contribution < 1.29 is 9.53 Å². The fourth-order valence-corrected chi connectivity index (χ4v) is 4.69. The first kappa shape index (κ1) is 19.2. The van der Waals surface area contributed by atoms with Gasteiger partial charge in [0.1, 0.15) is 11.9 Å². The summed E-state index contributed by atoms with van der Waals surface area (Å²) in [5, 5.41) is 0.705. The molecule has 4 rings (SSSR count). The number of nitrogens with zero attached hydrogens (tertiary/aromatic N) is 3. The molecule has 2 fully saturated rings. The number of benzene rings is 1. The zero-order valence-electron chi connectivity index (χ0n) is 16.2. The maximum Gasteiger partial charge on any atom is 0.233 e. The fraction of sp³-hybridized carbons (Fsp3) is 0.500. The molecule has 28 heavy (non-hydrogen) atoms. The highest BCUT2D eigenvalue weighted by molar-refractivity contribution is 6.30. The molecule has 1 aromatic heterocycles. The number of hydrogen-bond donors (Lipinski definition) is 0. The number of carbonyl (C=O) groups excluding carboxylic acids is 1. The van der Waals surface area contributed by atoms with Crippen LogP contribution < -0.4 is 4.74 Å². The van der Waals surface area contributed by atoms with Gasteiger partial charge in [-0.25, -0.2) is 4.98 Å². The number of ether oxygens (including phenoxy) is 1. The van der Waals surface area contributed by atoms with Gasteiger partial charge in [0.05, 0.1) is 12.0 Å². The third kappa shape index (κ3) is 3.86. The van der Waals surface area contributed by atoms with Crippen molar-refractivity contribution in [2.24, 2.45) is 0 Å². The highest BCUT2D eigenvalue weighted by atomic mass is 35.5. The van der Waals surface area contributed by atoms with Crippen molar-refractivity contribution in [1.82, 2.24) is 14.9 Å². The fourth-order valence-electron chi connectivity index (χ4n) is 4.57. The lowest BCUT2D eigenvalue weighted by atomic mass is 9.77. The number of carbonyl (C=O) groups is 1. The maximum atomic E-state index is 13.7. The predicted octanol–water partition coefficient (Wildman–Crippen LogP) is 4.32. The maximum absolute atomic E-state index is 13.7. The highest BCUT2D eigenvalue weighted by Gasteiger charge is 2.45. The molecule has 1 aliphatic carbocycles. The van der Waals surface area contributed by atoms with Crippen LogP contribution in [0.15, 0.2) is 36.5 Å². The quantitative estimate of drug-likeness (QED) is 0.768. The van der Waals surface area contributed by atoms with E-state index < -0.39 is 5.41 Å². The lowest BCUT2D eigenvalue weighted by molar-refractivity contribution is -0.140. The summed E-state index contributed by atoms with van der Waals surface area (Å²) < 4.78 is 6.07. The second kappa shape index (κ2) is 8.08. The second-order valence-corrected chi connectivity index (χ2v) is 8.31. The lowest BCUT2D eigenvalue weighted by Gasteiger charge is -2.39. The largest absolute Gasteiger partial charge is 0.472 e. The lowest BCUT2D eigenvalue weighted by Crippen LogP contribution is -2.51. The minimum absolute atomic E-state index is 0.0318. The van der Waals surface area contributed by atoms with Crippen LogP contribution in [-0.2, 0) is 10.2 Å². The molecule has 1 unspecified atom stereocenters. The zero-order chi connectivity index (χ0) is 19.6. The van der Waals surface area contributed by atoms with Gasteiger partial charge in [-0.3, -0.25) is 4.79 Å². The van der Waals surface area contributed by atoms with Gasteiger partial charge >= 0.3 is 0 Å². The van der Waals surface area contributed by atoms with E-state index in [1.54, 1.807) is 12.3 Å². The van der Waals surface area contributed by atoms with Crippen molar-refractivity contribution >= 4 is 17.5 Å². The summed E-state index contributed by atoms with van der Waals surface area (Å²) >= 11 is 6.08. The summed E-state index contributed by atoms with van der Waals surface area (Å²) in [7, 11) is 0. The Bertz CT molecular complexity index is 834. The van der Waals surface area contributed by atoms with Crippen LogP contribution in [0.2, 0.25) is 5.02 Å². The van der Waals surface area contributed by atoms with E-state index in [9.17, 15) is 4.79 Å². The molecule has 1 amide bonds. The smallest absolute Gasteiger partial charge is 0.233 e. The molecule has 5 nitrogen and oxygen atoms in total. The minimum atomic E-state index is -0.419. The van der Waals surface area contributed by atoms with Crippen LogP contribution in [0.25, 0.3) is 0 Å². The number of piperidine rings is 1. The average molecular weight is 400 g/mol. The Morgan fingerprint density at radius 1 is 1.18 bits per heavy atom. The summed E-state index contributed by atoms with van der Waals surface area (Å²) in [6, 6.07) is 9.60. The Morgan fingerprint density at radius 3 is 2.64 bits per heavy atom. The third-order valence-electron chi connectivity index (χ3n) is 5.97. The van der Waals surface area contributed by atoms with Crippen LogP contribution in [0.5, 0.6) is 5.88 Å². The molecule has 0 radical (unpaired) electrons. The van der Waals surface area contributed by atoms with E-state index in [0.717, 1.165) is 50.6 Å². The Morgan fingerprint density at radius 2 is 1.93 bits per heavy atom. The van der Waals surface area contributed by atoms with Crippen molar-refractivity contribution in [3.05, 3.63) is 52.9 Å². The molecule has 0 spiro atoms. The first-order valence-electron chi connectivity index (χ1n) is 10.1. The molecule has 1 saturated heterocycles. The summed E-state index contributed by atoms with van der Waals surface area (Å²) in [5.41, 5.74) is 0.673. The summed E-state index contributed by atoms with van der Waals surface area (Å²) in [5.74, 6) is 1.51. The van der Waals surface area contributed by atoms with Crippen LogP contribution >= 0.6 is 11.6 Å². The monoisotopic (exact) mass is 399 g/mol. The molecule has 1 atom stereocenters. The molecule has 2 aromatic rings. The molecule has 1 aliphatic heterocycles. The molecule has 0 N–H and O–H groups in total.